The highest BCUT2D eigenvalue weighted by Gasteiger charge is 2.10. The molecule has 2 rings (SSSR count). The van der Waals surface area contributed by atoms with Crippen molar-refractivity contribution in [1.29, 1.82) is 0 Å². The molecule has 5 heteroatoms. The van der Waals surface area contributed by atoms with E-state index >= 15 is 0 Å². The molecule has 0 heterocycles. The molecule has 0 aliphatic carbocycles. The van der Waals surface area contributed by atoms with Crippen LogP contribution in [0.1, 0.15) is 15.9 Å². The Morgan fingerprint density at radius 2 is 2.05 bits per heavy atom. The van der Waals surface area contributed by atoms with Crippen molar-refractivity contribution in [1.82, 2.24) is 0 Å². The first-order valence-corrected chi connectivity index (χ1v) is 6.39. The van der Waals surface area contributed by atoms with Gasteiger partial charge in [0.2, 0.25) is 0 Å². The summed E-state index contributed by atoms with van der Waals surface area (Å²) < 4.78 is 14.1. The highest BCUT2D eigenvalue weighted by molar-refractivity contribution is 9.10. The normalized spacial score (nSPS) is 10.3. The minimum absolute atomic E-state index is 0.192. The molecule has 0 saturated carbocycles. The smallest absolute Gasteiger partial charge is 0.255 e. The van der Waals surface area contributed by atoms with Crippen LogP contribution in [0.3, 0.4) is 0 Å². The highest BCUT2D eigenvalue weighted by atomic mass is 79.9. The Morgan fingerprint density at radius 3 is 2.74 bits per heavy atom. The van der Waals surface area contributed by atoms with Crippen LogP contribution in [0.15, 0.2) is 40.9 Å². The molecule has 0 aromatic heterocycles. The first kappa shape index (κ1) is 13.5. The third-order valence-electron chi connectivity index (χ3n) is 2.70. The van der Waals surface area contributed by atoms with E-state index in [-0.39, 0.29) is 11.3 Å². The van der Waals surface area contributed by atoms with Crippen molar-refractivity contribution in [2.24, 2.45) is 0 Å². The van der Waals surface area contributed by atoms with E-state index < -0.39 is 11.7 Å². The molecule has 0 aliphatic heterocycles. The maximum Gasteiger partial charge on any atom is 0.255 e. The first-order valence-electron chi connectivity index (χ1n) is 5.60. The zero-order valence-electron chi connectivity index (χ0n) is 10.2. The largest absolute Gasteiger partial charge is 0.399 e. The summed E-state index contributed by atoms with van der Waals surface area (Å²) in [5.41, 5.74) is 7.50. The Balaban J connectivity index is 2.28. The average molecular weight is 323 g/mol. The molecule has 0 aliphatic rings. The van der Waals surface area contributed by atoms with Gasteiger partial charge in [-0.25, -0.2) is 4.39 Å². The summed E-state index contributed by atoms with van der Waals surface area (Å²) in [5, 5.41) is 2.73. The number of hydrogen-bond donors (Lipinski definition) is 2. The van der Waals surface area contributed by atoms with Gasteiger partial charge in [-0.2, -0.15) is 0 Å². The van der Waals surface area contributed by atoms with E-state index in [4.69, 9.17) is 5.73 Å². The molecule has 1 amide bonds. The SMILES string of the molecule is Cc1c(Br)cccc1NC(=O)c1cc(N)cc(F)c1. The van der Waals surface area contributed by atoms with E-state index in [9.17, 15) is 9.18 Å². The monoisotopic (exact) mass is 322 g/mol. The van der Waals surface area contributed by atoms with Crippen molar-refractivity contribution >= 4 is 33.2 Å². The standard InChI is InChI=1S/C14H12BrFN2O/c1-8-12(15)3-2-4-13(8)18-14(19)9-5-10(16)7-11(17)6-9/h2-7H,17H2,1H3,(H,18,19). The molecule has 3 N–H and O–H groups in total. The molecule has 2 aromatic rings. The Labute approximate surface area is 118 Å². The maximum absolute atomic E-state index is 13.2. The molecular formula is C14H12BrFN2O. The molecule has 0 bridgehead atoms. The van der Waals surface area contributed by atoms with Crippen LogP contribution in [0.4, 0.5) is 15.8 Å². The molecule has 0 unspecified atom stereocenters. The van der Waals surface area contributed by atoms with Crippen LogP contribution in [0.2, 0.25) is 0 Å². The van der Waals surface area contributed by atoms with Crippen LogP contribution < -0.4 is 11.1 Å². The number of hydrogen-bond acceptors (Lipinski definition) is 2. The molecule has 0 fully saturated rings. The molecular weight excluding hydrogens is 311 g/mol. The third kappa shape index (κ3) is 3.12. The molecule has 0 radical (unpaired) electrons. The van der Waals surface area contributed by atoms with E-state index in [1.54, 1.807) is 6.07 Å². The number of anilines is 2. The van der Waals surface area contributed by atoms with Crippen molar-refractivity contribution < 1.29 is 9.18 Å². The van der Waals surface area contributed by atoms with Gasteiger partial charge in [0.05, 0.1) is 0 Å². The van der Waals surface area contributed by atoms with E-state index in [0.29, 0.717) is 5.69 Å². The number of rotatable bonds is 2. The van der Waals surface area contributed by atoms with Crippen LogP contribution in [0.25, 0.3) is 0 Å². The van der Waals surface area contributed by atoms with E-state index in [1.807, 2.05) is 19.1 Å². The average Bonchev–Trinajstić information content (AvgIpc) is 2.33. The first-order chi connectivity index (χ1) is 8.97. The van der Waals surface area contributed by atoms with Crippen molar-refractivity contribution in [3.8, 4) is 0 Å². The van der Waals surface area contributed by atoms with Gasteiger partial charge in [-0.1, -0.05) is 22.0 Å². The molecule has 0 atom stereocenters. The summed E-state index contributed by atoms with van der Waals surface area (Å²) in [7, 11) is 0. The second-order valence-corrected chi connectivity index (χ2v) is 4.99. The fraction of sp³-hybridized carbons (Fsp3) is 0.0714. The third-order valence-corrected chi connectivity index (χ3v) is 3.56. The maximum atomic E-state index is 13.2. The van der Waals surface area contributed by atoms with Gasteiger partial charge < -0.3 is 11.1 Å². The zero-order valence-corrected chi connectivity index (χ0v) is 11.8. The number of nitrogens with one attached hydrogen (secondary N) is 1. The molecule has 0 spiro atoms. The molecule has 0 saturated heterocycles. The van der Waals surface area contributed by atoms with Gasteiger partial charge in [-0.3, -0.25) is 4.79 Å². The summed E-state index contributed by atoms with van der Waals surface area (Å²) in [5.74, 6) is -0.927. The molecule has 98 valence electrons. The van der Waals surface area contributed by atoms with Crippen LogP contribution in [-0.4, -0.2) is 5.91 Å². The fourth-order valence-electron chi connectivity index (χ4n) is 1.68. The van der Waals surface area contributed by atoms with E-state index in [2.05, 4.69) is 21.2 Å². The number of carbonyl (C=O) groups excluding carboxylic acids is 1. The number of carbonyl (C=O) groups is 1. The van der Waals surface area contributed by atoms with Gasteiger partial charge in [0.25, 0.3) is 5.91 Å². The van der Waals surface area contributed by atoms with Crippen molar-refractivity contribution in [3.05, 3.63) is 57.8 Å². The minimum atomic E-state index is -0.531. The van der Waals surface area contributed by atoms with E-state index in [0.717, 1.165) is 16.1 Å². The zero-order chi connectivity index (χ0) is 14.0. The topological polar surface area (TPSA) is 55.1 Å². The Kier molecular flexibility index (Phi) is 3.85. The van der Waals surface area contributed by atoms with Gasteiger partial charge in [-0.05, 0) is 42.8 Å². The lowest BCUT2D eigenvalue weighted by Gasteiger charge is -2.10. The lowest BCUT2D eigenvalue weighted by molar-refractivity contribution is 0.102. The summed E-state index contributed by atoms with van der Waals surface area (Å²) in [6.07, 6.45) is 0. The van der Waals surface area contributed by atoms with Gasteiger partial charge in [0.1, 0.15) is 5.82 Å². The Bertz CT molecular complexity index is 623. The summed E-state index contributed by atoms with van der Waals surface area (Å²) in [4.78, 5) is 12.0. The lowest BCUT2D eigenvalue weighted by atomic mass is 10.1. The Hall–Kier alpha value is -1.88. The summed E-state index contributed by atoms with van der Waals surface area (Å²) >= 11 is 3.38. The van der Waals surface area contributed by atoms with Gasteiger partial charge in [-0.15, -0.1) is 0 Å². The summed E-state index contributed by atoms with van der Waals surface area (Å²) in [6.45, 7) is 1.87. The van der Waals surface area contributed by atoms with Crippen LogP contribution in [-0.2, 0) is 0 Å². The summed E-state index contributed by atoms with van der Waals surface area (Å²) in [6, 6.07) is 9.23. The van der Waals surface area contributed by atoms with Crippen molar-refractivity contribution in [2.45, 2.75) is 6.92 Å². The number of nitrogen functional groups attached to an aromatic ring is 1. The second kappa shape index (κ2) is 5.40. The predicted molar refractivity (Wildman–Crippen MR) is 77.6 cm³/mol. The molecule has 2 aromatic carbocycles. The quantitative estimate of drug-likeness (QED) is 0.828. The van der Waals surface area contributed by atoms with Gasteiger partial charge in [0, 0.05) is 21.4 Å². The van der Waals surface area contributed by atoms with Crippen LogP contribution in [0, 0.1) is 12.7 Å². The van der Waals surface area contributed by atoms with Gasteiger partial charge >= 0.3 is 0 Å². The number of amides is 1. The van der Waals surface area contributed by atoms with Crippen LogP contribution >= 0.6 is 15.9 Å². The number of halogens is 2. The predicted octanol–water partition coefficient (Wildman–Crippen LogP) is 3.73. The van der Waals surface area contributed by atoms with E-state index in [1.165, 1.54) is 12.1 Å². The van der Waals surface area contributed by atoms with Crippen LogP contribution in [0.5, 0.6) is 0 Å². The number of benzene rings is 2. The fourth-order valence-corrected chi connectivity index (χ4v) is 2.05. The van der Waals surface area contributed by atoms with Crippen molar-refractivity contribution in [2.75, 3.05) is 11.1 Å². The highest BCUT2D eigenvalue weighted by Crippen LogP contribution is 2.24. The minimum Gasteiger partial charge on any atom is -0.399 e. The number of nitrogens with two attached hydrogens (primary N) is 1. The molecule has 19 heavy (non-hydrogen) atoms. The van der Waals surface area contributed by atoms with Crippen molar-refractivity contribution in [3.63, 3.8) is 0 Å². The van der Waals surface area contributed by atoms with Gasteiger partial charge in [0.15, 0.2) is 0 Å². The second-order valence-electron chi connectivity index (χ2n) is 4.14. The molecule has 3 nitrogen and oxygen atoms in total. The lowest BCUT2D eigenvalue weighted by Crippen LogP contribution is -2.13. The Morgan fingerprint density at radius 1 is 1.32 bits per heavy atom.